The van der Waals surface area contributed by atoms with E-state index < -0.39 is 0 Å². The molecule has 1 aromatic heterocycles. The Morgan fingerprint density at radius 3 is 2.33 bits per heavy atom. The Morgan fingerprint density at radius 1 is 1.00 bits per heavy atom. The Labute approximate surface area is 219 Å². The molecular weight excluding hydrogens is 468 g/mol. The fraction of sp³-hybridized carbons (Fsp3) is 0.379. The van der Waals surface area contributed by atoms with Gasteiger partial charge >= 0.3 is 0 Å². The smallest absolute Gasteiger partial charge is 0.240 e. The van der Waals surface area contributed by atoms with Gasteiger partial charge in [0.25, 0.3) is 0 Å². The maximum absolute atomic E-state index is 12.9. The van der Waals surface area contributed by atoms with Crippen molar-refractivity contribution in [2.24, 2.45) is 0 Å². The third kappa shape index (κ3) is 7.40. The predicted molar refractivity (Wildman–Crippen MR) is 147 cm³/mol. The van der Waals surface area contributed by atoms with Gasteiger partial charge in [-0.15, -0.1) is 11.8 Å². The largest absolute Gasteiger partial charge is 0.367 e. The van der Waals surface area contributed by atoms with Crippen molar-refractivity contribution >= 4 is 17.7 Å². The molecule has 1 amide bonds. The van der Waals surface area contributed by atoms with Gasteiger partial charge in [0.1, 0.15) is 6.10 Å². The van der Waals surface area contributed by atoms with Crippen molar-refractivity contribution in [3.8, 4) is 0 Å². The van der Waals surface area contributed by atoms with Crippen molar-refractivity contribution in [2.75, 3.05) is 46.1 Å². The van der Waals surface area contributed by atoms with Crippen LogP contribution in [-0.2, 0) is 9.53 Å². The van der Waals surface area contributed by atoms with Gasteiger partial charge in [-0.25, -0.2) is 0 Å². The average Bonchev–Trinajstić information content (AvgIpc) is 3.42. The Morgan fingerprint density at radius 2 is 1.69 bits per heavy atom. The van der Waals surface area contributed by atoms with Crippen LogP contribution in [0, 0.1) is 0 Å². The Hall–Kier alpha value is -2.71. The van der Waals surface area contributed by atoms with Gasteiger partial charge in [-0.2, -0.15) is 0 Å². The number of hydrogen-bond donors (Lipinski definition) is 1. The topological polar surface area (TPSA) is 57.7 Å². The van der Waals surface area contributed by atoms with E-state index in [9.17, 15) is 4.79 Å². The Kier molecular flexibility index (Phi) is 9.93. The van der Waals surface area contributed by atoms with Crippen molar-refractivity contribution in [3.63, 3.8) is 0 Å². The van der Waals surface area contributed by atoms with Gasteiger partial charge in [0.05, 0.1) is 18.0 Å². The third-order valence-electron chi connectivity index (χ3n) is 6.44. The number of thioether (sulfide) groups is 1. The number of nitrogens with one attached hydrogen (secondary N) is 1. The molecule has 0 bridgehead atoms. The Bertz CT molecular complexity index is 1020. The summed E-state index contributed by atoms with van der Waals surface area (Å²) in [6.45, 7) is 3.12. The molecule has 7 heteroatoms. The van der Waals surface area contributed by atoms with E-state index in [0.29, 0.717) is 6.61 Å². The number of aromatic nitrogens is 1. The number of nitrogens with zero attached hydrogens (tertiary/aromatic N) is 3. The fourth-order valence-corrected chi connectivity index (χ4v) is 5.59. The second-order valence-corrected chi connectivity index (χ2v) is 10.3. The maximum atomic E-state index is 12.9. The van der Waals surface area contributed by atoms with E-state index in [1.54, 1.807) is 18.0 Å². The minimum absolute atomic E-state index is 0.0724. The average molecular weight is 505 g/mol. The van der Waals surface area contributed by atoms with Gasteiger partial charge in [-0.1, -0.05) is 66.7 Å². The molecule has 2 aromatic carbocycles. The molecule has 1 aliphatic rings. The van der Waals surface area contributed by atoms with E-state index in [1.165, 1.54) is 0 Å². The van der Waals surface area contributed by atoms with Gasteiger partial charge < -0.3 is 14.5 Å². The maximum Gasteiger partial charge on any atom is 0.240 e. The van der Waals surface area contributed by atoms with Crippen molar-refractivity contribution < 1.29 is 9.53 Å². The lowest BCUT2D eigenvalue weighted by Gasteiger charge is -2.24. The van der Waals surface area contributed by atoms with Gasteiger partial charge in [0, 0.05) is 38.3 Å². The number of amides is 1. The van der Waals surface area contributed by atoms with E-state index >= 15 is 0 Å². The quantitative estimate of drug-likeness (QED) is 0.395. The number of pyridine rings is 1. The fourth-order valence-electron chi connectivity index (χ4n) is 4.37. The van der Waals surface area contributed by atoms with Crippen molar-refractivity contribution in [2.45, 2.75) is 23.9 Å². The molecule has 1 aliphatic heterocycles. The molecule has 2 unspecified atom stereocenters. The zero-order chi connectivity index (χ0) is 25.2. The zero-order valence-electron chi connectivity index (χ0n) is 21.1. The standard InChI is InChI=1S/C29H36N4O2S/c1-32(19-20-35-27(23-11-5-3-6-12-23)24-13-7-4-8-14-24)17-10-18-33(2)29(34)26-22-36-28(31-26)25-15-9-16-30-21-25/h3-9,11-16,21,26-28,31H,10,17-20,22H2,1-2H3. The van der Waals surface area contributed by atoms with Crippen LogP contribution in [0.15, 0.2) is 85.2 Å². The Balaban J connectivity index is 1.17. The second-order valence-electron chi connectivity index (χ2n) is 9.21. The van der Waals surface area contributed by atoms with Crippen LogP contribution >= 0.6 is 11.8 Å². The monoisotopic (exact) mass is 504 g/mol. The molecule has 190 valence electrons. The van der Waals surface area contributed by atoms with E-state index in [2.05, 4.69) is 76.8 Å². The molecule has 4 rings (SSSR count). The summed E-state index contributed by atoms with van der Waals surface area (Å²) in [6, 6.07) is 24.6. The van der Waals surface area contributed by atoms with E-state index in [1.807, 2.05) is 36.3 Å². The molecule has 0 radical (unpaired) electrons. The van der Waals surface area contributed by atoms with Crippen LogP contribution in [0.5, 0.6) is 0 Å². The first-order valence-electron chi connectivity index (χ1n) is 12.5. The minimum atomic E-state index is -0.149. The normalized spacial score (nSPS) is 17.6. The van der Waals surface area contributed by atoms with Gasteiger partial charge in [0.15, 0.2) is 0 Å². The van der Waals surface area contributed by atoms with E-state index in [-0.39, 0.29) is 23.4 Å². The summed E-state index contributed by atoms with van der Waals surface area (Å²) in [7, 11) is 4.01. The lowest BCUT2D eigenvalue weighted by atomic mass is 10.0. The zero-order valence-corrected chi connectivity index (χ0v) is 21.9. The summed E-state index contributed by atoms with van der Waals surface area (Å²) in [5.74, 6) is 0.942. The molecule has 1 saturated heterocycles. The van der Waals surface area contributed by atoms with Gasteiger partial charge in [-0.3, -0.25) is 15.1 Å². The summed E-state index contributed by atoms with van der Waals surface area (Å²) in [6.07, 6.45) is 4.48. The minimum Gasteiger partial charge on any atom is -0.367 e. The molecular formula is C29H36N4O2S. The van der Waals surface area contributed by atoms with Gasteiger partial charge in [-0.05, 0) is 42.8 Å². The highest BCUT2D eigenvalue weighted by atomic mass is 32.2. The van der Waals surface area contributed by atoms with Crippen LogP contribution in [0.3, 0.4) is 0 Å². The predicted octanol–water partition coefficient (Wildman–Crippen LogP) is 4.37. The van der Waals surface area contributed by atoms with E-state index in [4.69, 9.17) is 4.74 Å². The summed E-state index contributed by atoms with van der Waals surface area (Å²) in [5, 5.41) is 3.58. The van der Waals surface area contributed by atoms with Crippen LogP contribution in [0.4, 0.5) is 0 Å². The highest BCUT2D eigenvalue weighted by Gasteiger charge is 2.32. The summed E-state index contributed by atoms with van der Waals surface area (Å²) in [5.41, 5.74) is 3.44. The highest BCUT2D eigenvalue weighted by Crippen LogP contribution is 2.32. The molecule has 2 heterocycles. The summed E-state index contributed by atoms with van der Waals surface area (Å²) >= 11 is 1.77. The number of rotatable bonds is 12. The number of likely N-dealkylation sites (N-methyl/N-ethyl adjacent to an activating group) is 2. The third-order valence-corrected chi connectivity index (χ3v) is 7.71. The van der Waals surface area contributed by atoms with Crippen LogP contribution in [-0.4, -0.2) is 72.8 Å². The number of ether oxygens (including phenoxy) is 1. The first-order chi connectivity index (χ1) is 17.6. The summed E-state index contributed by atoms with van der Waals surface area (Å²) in [4.78, 5) is 21.2. The van der Waals surface area contributed by atoms with Crippen molar-refractivity contribution in [3.05, 3.63) is 102 Å². The number of hydrogen-bond acceptors (Lipinski definition) is 6. The first-order valence-corrected chi connectivity index (χ1v) is 13.6. The molecule has 36 heavy (non-hydrogen) atoms. The lowest BCUT2D eigenvalue weighted by Crippen LogP contribution is -2.44. The van der Waals surface area contributed by atoms with Gasteiger partial charge in [0.2, 0.25) is 5.91 Å². The number of benzene rings is 2. The molecule has 1 N–H and O–H groups in total. The van der Waals surface area contributed by atoms with Crippen LogP contribution in [0.25, 0.3) is 0 Å². The molecule has 6 nitrogen and oxygen atoms in total. The van der Waals surface area contributed by atoms with E-state index in [0.717, 1.165) is 48.5 Å². The number of carbonyl (C=O) groups excluding carboxylic acids is 1. The van der Waals surface area contributed by atoms with Crippen LogP contribution in [0.2, 0.25) is 0 Å². The van der Waals surface area contributed by atoms with Crippen molar-refractivity contribution in [1.82, 2.24) is 20.1 Å². The molecule has 2 atom stereocenters. The first kappa shape index (κ1) is 26.4. The molecule has 1 fully saturated rings. The lowest BCUT2D eigenvalue weighted by molar-refractivity contribution is -0.131. The second kappa shape index (κ2) is 13.6. The summed E-state index contributed by atoms with van der Waals surface area (Å²) < 4.78 is 6.34. The van der Waals surface area contributed by atoms with Crippen LogP contribution in [0.1, 0.15) is 34.6 Å². The van der Waals surface area contributed by atoms with Crippen LogP contribution < -0.4 is 5.32 Å². The molecule has 0 saturated carbocycles. The van der Waals surface area contributed by atoms with Crippen molar-refractivity contribution in [1.29, 1.82) is 0 Å². The number of carbonyl (C=O) groups is 1. The SMILES string of the molecule is CN(CCCN(C)C(=O)C1CSC(c2cccnc2)N1)CCOC(c1ccccc1)c1ccccc1. The molecule has 0 aliphatic carbocycles. The molecule has 3 aromatic rings. The highest BCUT2D eigenvalue weighted by molar-refractivity contribution is 7.99. The molecule has 0 spiro atoms.